The van der Waals surface area contributed by atoms with E-state index in [0.717, 1.165) is 49.2 Å². The number of phenols is 1. The van der Waals surface area contributed by atoms with E-state index in [1.54, 1.807) is 18.2 Å². The Morgan fingerprint density at radius 2 is 1.66 bits per heavy atom. The van der Waals surface area contributed by atoms with E-state index >= 15 is 0 Å². The van der Waals surface area contributed by atoms with Crippen molar-refractivity contribution >= 4 is 11.0 Å². The number of rotatable bonds is 12. The Morgan fingerprint density at radius 1 is 0.857 bits per heavy atom. The van der Waals surface area contributed by atoms with Crippen LogP contribution in [-0.2, 0) is 6.54 Å². The molecule has 4 rings (SSSR count). The Balaban J connectivity index is 1.16. The predicted molar refractivity (Wildman–Crippen MR) is 141 cm³/mol. The molecule has 0 amide bonds. The SMILES string of the molecule is CN(CCCCCCCOc1cccc(-c2cc(=O)c3ccccc3o2)c1)Cc1cccc(O)c1. The summed E-state index contributed by atoms with van der Waals surface area (Å²) >= 11 is 0. The van der Waals surface area contributed by atoms with Gasteiger partial charge in [-0.1, -0.05) is 55.7 Å². The lowest BCUT2D eigenvalue weighted by molar-refractivity contribution is 0.298. The highest BCUT2D eigenvalue weighted by Crippen LogP contribution is 2.25. The van der Waals surface area contributed by atoms with Crippen molar-refractivity contribution in [3.8, 4) is 22.8 Å². The maximum absolute atomic E-state index is 12.4. The standard InChI is InChI=1S/C30H33NO4/c1-31(22-23-11-9-13-25(32)19-23)17-7-3-2-4-8-18-34-26-14-10-12-24(20-26)30-21-28(33)27-15-5-6-16-29(27)35-30/h5-6,9-16,19-21,32H,2-4,7-8,17-18,22H2,1H3. The minimum atomic E-state index is -0.0428. The largest absolute Gasteiger partial charge is 0.508 e. The summed E-state index contributed by atoms with van der Waals surface area (Å²) in [5, 5.41) is 10.2. The average Bonchev–Trinajstić information content (AvgIpc) is 2.86. The van der Waals surface area contributed by atoms with Gasteiger partial charge in [0.25, 0.3) is 0 Å². The molecule has 5 nitrogen and oxygen atoms in total. The number of benzene rings is 3. The summed E-state index contributed by atoms with van der Waals surface area (Å²) in [6.45, 7) is 2.57. The predicted octanol–water partition coefficient (Wildman–Crippen LogP) is 6.63. The molecule has 0 spiro atoms. The molecule has 0 radical (unpaired) electrons. The van der Waals surface area contributed by atoms with Crippen molar-refractivity contribution in [2.24, 2.45) is 0 Å². The Labute approximate surface area is 206 Å². The topological polar surface area (TPSA) is 62.9 Å². The average molecular weight is 472 g/mol. The first kappa shape index (κ1) is 24.6. The van der Waals surface area contributed by atoms with Crippen molar-refractivity contribution < 1.29 is 14.3 Å². The third kappa shape index (κ3) is 7.20. The highest BCUT2D eigenvalue weighted by Gasteiger charge is 2.08. The first-order chi connectivity index (χ1) is 17.1. The minimum Gasteiger partial charge on any atom is -0.508 e. The van der Waals surface area contributed by atoms with E-state index in [1.807, 2.05) is 60.7 Å². The smallest absolute Gasteiger partial charge is 0.193 e. The molecule has 3 aromatic carbocycles. The molecule has 1 aromatic heterocycles. The van der Waals surface area contributed by atoms with E-state index in [4.69, 9.17) is 9.15 Å². The van der Waals surface area contributed by atoms with Gasteiger partial charge in [-0.2, -0.15) is 0 Å². The monoisotopic (exact) mass is 471 g/mol. The molecule has 0 atom stereocenters. The molecule has 0 aliphatic rings. The Bertz CT molecular complexity index is 1300. The van der Waals surface area contributed by atoms with Crippen molar-refractivity contribution in [2.45, 2.75) is 38.6 Å². The number of ether oxygens (including phenoxy) is 1. The molecule has 0 saturated heterocycles. The van der Waals surface area contributed by atoms with Crippen LogP contribution in [0.3, 0.4) is 0 Å². The molecular formula is C30H33NO4. The van der Waals surface area contributed by atoms with E-state index in [-0.39, 0.29) is 5.43 Å². The van der Waals surface area contributed by atoms with Gasteiger partial charge in [-0.15, -0.1) is 0 Å². The number of fused-ring (bicyclic) bond motifs is 1. The Morgan fingerprint density at radius 3 is 2.54 bits per heavy atom. The van der Waals surface area contributed by atoms with Crippen LogP contribution >= 0.6 is 0 Å². The van der Waals surface area contributed by atoms with Crippen LogP contribution in [0.25, 0.3) is 22.3 Å². The molecule has 0 aliphatic carbocycles. The molecule has 0 bridgehead atoms. The highest BCUT2D eigenvalue weighted by atomic mass is 16.5. The molecule has 35 heavy (non-hydrogen) atoms. The second kappa shape index (κ2) is 12.2. The first-order valence-electron chi connectivity index (χ1n) is 12.3. The zero-order valence-corrected chi connectivity index (χ0v) is 20.3. The molecule has 0 fully saturated rings. The maximum Gasteiger partial charge on any atom is 0.193 e. The van der Waals surface area contributed by atoms with E-state index in [2.05, 4.69) is 11.9 Å². The summed E-state index contributed by atoms with van der Waals surface area (Å²) in [6.07, 6.45) is 5.69. The summed E-state index contributed by atoms with van der Waals surface area (Å²) in [5.41, 5.74) is 2.52. The van der Waals surface area contributed by atoms with Gasteiger partial charge in [-0.05, 0) is 68.4 Å². The molecule has 4 aromatic rings. The molecule has 0 aliphatic heterocycles. The number of aromatic hydroxyl groups is 1. The van der Waals surface area contributed by atoms with Crippen molar-refractivity contribution in [2.75, 3.05) is 20.2 Å². The van der Waals surface area contributed by atoms with E-state index in [9.17, 15) is 9.90 Å². The zero-order valence-electron chi connectivity index (χ0n) is 20.3. The molecule has 5 heteroatoms. The number of phenolic OH excluding ortho intramolecular Hbond substituents is 1. The molecule has 0 unspecified atom stereocenters. The van der Waals surface area contributed by atoms with Crippen LogP contribution in [-0.4, -0.2) is 30.2 Å². The van der Waals surface area contributed by atoms with Gasteiger partial charge in [0.15, 0.2) is 5.43 Å². The summed E-state index contributed by atoms with van der Waals surface area (Å²) in [6, 6.07) is 24.0. The number of unbranched alkanes of at least 4 members (excludes halogenated alkanes) is 4. The fourth-order valence-corrected chi connectivity index (χ4v) is 4.24. The summed E-state index contributed by atoms with van der Waals surface area (Å²) in [7, 11) is 2.12. The quantitative estimate of drug-likeness (QED) is 0.235. The van der Waals surface area contributed by atoms with Crippen molar-refractivity contribution in [3.05, 3.63) is 94.6 Å². The van der Waals surface area contributed by atoms with Gasteiger partial charge in [0, 0.05) is 18.2 Å². The number of hydrogen-bond acceptors (Lipinski definition) is 5. The zero-order chi connectivity index (χ0) is 24.5. The normalized spacial score (nSPS) is 11.3. The van der Waals surface area contributed by atoms with Crippen LogP contribution < -0.4 is 10.2 Å². The number of hydrogen-bond donors (Lipinski definition) is 1. The fourth-order valence-electron chi connectivity index (χ4n) is 4.24. The van der Waals surface area contributed by atoms with Gasteiger partial charge >= 0.3 is 0 Å². The van der Waals surface area contributed by atoms with Gasteiger partial charge < -0.3 is 19.2 Å². The minimum absolute atomic E-state index is 0.0428. The van der Waals surface area contributed by atoms with E-state index < -0.39 is 0 Å². The second-order valence-electron chi connectivity index (χ2n) is 9.02. The number of nitrogens with zero attached hydrogens (tertiary/aromatic N) is 1. The summed E-state index contributed by atoms with van der Waals surface area (Å²) in [5.74, 6) is 1.66. The molecule has 1 heterocycles. The summed E-state index contributed by atoms with van der Waals surface area (Å²) < 4.78 is 11.9. The van der Waals surface area contributed by atoms with Crippen LogP contribution in [0.1, 0.15) is 37.7 Å². The van der Waals surface area contributed by atoms with Crippen molar-refractivity contribution in [1.82, 2.24) is 4.90 Å². The first-order valence-corrected chi connectivity index (χ1v) is 12.3. The van der Waals surface area contributed by atoms with Crippen LogP contribution in [0.2, 0.25) is 0 Å². The Kier molecular flexibility index (Phi) is 8.58. The third-order valence-corrected chi connectivity index (χ3v) is 6.07. The number of para-hydroxylation sites is 1. The molecule has 1 N–H and O–H groups in total. The third-order valence-electron chi connectivity index (χ3n) is 6.07. The lowest BCUT2D eigenvalue weighted by Gasteiger charge is -2.16. The maximum atomic E-state index is 12.4. The van der Waals surface area contributed by atoms with E-state index in [0.29, 0.717) is 29.1 Å². The lowest BCUT2D eigenvalue weighted by Crippen LogP contribution is -2.18. The van der Waals surface area contributed by atoms with Crippen LogP contribution in [0.15, 0.2) is 88.1 Å². The van der Waals surface area contributed by atoms with Gasteiger partial charge in [0.1, 0.15) is 22.8 Å². The van der Waals surface area contributed by atoms with E-state index in [1.165, 1.54) is 12.8 Å². The Hall–Kier alpha value is -3.57. The van der Waals surface area contributed by atoms with Gasteiger partial charge in [0.2, 0.25) is 0 Å². The van der Waals surface area contributed by atoms with Gasteiger partial charge in [-0.3, -0.25) is 4.79 Å². The molecule has 0 saturated carbocycles. The van der Waals surface area contributed by atoms with Gasteiger partial charge in [0.05, 0.1) is 12.0 Å². The molecule has 182 valence electrons. The highest BCUT2D eigenvalue weighted by molar-refractivity contribution is 5.78. The fraction of sp³-hybridized carbons (Fsp3) is 0.300. The van der Waals surface area contributed by atoms with Crippen molar-refractivity contribution in [1.29, 1.82) is 0 Å². The van der Waals surface area contributed by atoms with Crippen molar-refractivity contribution in [3.63, 3.8) is 0 Å². The van der Waals surface area contributed by atoms with Crippen LogP contribution in [0, 0.1) is 0 Å². The lowest BCUT2D eigenvalue weighted by atomic mass is 10.1. The summed E-state index contributed by atoms with van der Waals surface area (Å²) in [4.78, 5) is 14.7. The second-order valence-corrected chi connectivity index (χ2v) is 9.02. The van der Waals surface area contributed by atoms with Crippen LogP contribution in [0.5, 0.6) is 11.5 Å². The van der Waals surface area contributed by atoms with Gasteiger partial charge in [-0.25, -0.2) is 0 Å². The molecular weight excluding hydrogens is 438 g/mol. The van der Waals surface area contributed by atoms with Crippen LogP contribution in [0.4, 0.5) is 0 Å².